The number of carbonyl (C=O) groups is 1. The normalized spacial score (nSPS) is 25.3. The molecule has 0 aromatic rings. The molecule has 0 spiro atoms. The van der Waals surface area contributed by atoms with Gasteiger partial charge in [-0.25, -0.2) is 0 Å². The van der Waals surface area contributed by atoms with E-state index >= 15 is 0 Å². The lowest BCUT2D eigenvalue weighted by atomic mass is 9.85. The molecule has 2 atom stereocenters. The zero-order chi connectivity index (χ0) is 15.9. The molecule has 2 aliphatic carbocycles. The summed E-state index contributed by atoms with van der Waals surface area (Å²) in [6.45, 7) is 6.88. The minimum atomic E-state index is 0. The largest absolute Gasteiger partial charge is 0.354 e. The van der Waals surface area contributed by atoms with E-state index in [0.717, 1.165) is 38.2 Å². The maximum Gasteiger partial charge on any atom is 0.223 e. The Kier molecular flexibility index (Phi) is 9.24. The predicted octanol–water partition coefficient (Wildman–Crippen LogP) is 2.80. The number of rotatable bonds is 5. The highest BCUT2D eigenvalue weighted by atomic mass is 127. The van der Waals surface area contributed by atoms with Crippen LogP contribution in [0.15, 0.2) is 4.99 Å². The maximum absolute atomic E-state index is 12.2. The lowest BCUT2D eigenvalue weighted by Gasteiger charge is -2.33. The van der Waals surface area contributed by atoms with Crippen LogP contribution in [0.2, 0.25) is 0 Å². The quantitative estimate of drug-likeness (QED) is 0.353. The highest BCUT2D eigenvalue weighted by molar-refractivity contribution is 14.0. The minimum absolute atomic E-state index is 0. The lowest BCUT2D eigenvalue weighted by molar-refractivity contribution is -0.126. The van der Waals surface area contributed by atoms with Crippen molar-refractivity contribution < 1.29 is 4.79 Å². The van der Waals surface area contributed by atoms with Crippen molar-refractivity contribution in [1.82, 2.24) is 16.0 Å². The van der Waals surface area contributed by atoms with Crippen molar-refractivity contribution in [2.45, 2.75) is 83.8 Å². The number of aliphatic imine (C=N–C) groups is 1. The van der Waals surface area contributed by atoms with Crippen molar-refractivity contribution >= 4 is 35.8 Å². The summed E-state index contributed by atoms with van der Waals surface area (Å²) < 4.78 is 0. The van der Waals surface area contributed by atoms with E-state index in [2.05, 4.69) is 27.9 Å². The summed E-state index contributed by atoms with van der Waals surface area (Å²) in [7, 11) is 0. The molecule has 0 bridgehead atoms. The fourth-order valence-corrected chi connectivity index (χ4v) is 3.19. The molecule has 3 N–H and O–H groups in total. The van der Waals surface area contributed by atoms with Crippen LogP contribution in [-0.2, 0) is 4.79 Å². The molecule has 2 unspecified atom stereocenters. The Morgan fingerprint density at radius 3 is 2.26 bits per heavy atom. The van der Waals surface area contributed by atoms with Gasteiger partial charge in [0.05, 0.1) is 0 Å². The van der Waals surface area contributed by atoms with Crippen molar-refractivity contribution in [3.8, 4) is 0 Å². The Bertz CT molecular complexity index is 396. The van der Waals surface area contributed by atoms with E-state index in [1.54, 1.807) is 0 Å². The second kappa shape index (κ2) is 10.4. The smallest absolute Gasteiger partial charge is 0.223 e. The van der Waals surface area contributed by atoms with Gasteiger partial charge in [-0.15, -0.1) is 24.0 Å². The van der Waals surface area contributed by atoms with Gasteiger partial charge in [0.2, 0.25) is 5.91 Å². The Balaban J connectivity index is 0.00000264. The fourth-order valence-electron chi connectivity index (χ4n) is 3.19. The first kappa shape index (κ1) is 20.5. The van der Waals surface area contributed by atoms with Gasteiger partial charge in [0.25, 0.3) is 0 Å². The molecule has 0 radical (unpaired) electrons. The third kappa shape index (κ3) is 6.85. The Morgan fingerprint density at radius 1 is 1.09 bits per heavy atom. The van der Waals surface area contributed by atoms with Crippen molar-refractivity contribution in [3.05, 3.63) is 0 Å². The van der Waals surface area contributed by atoms with Crippen LogP contribution in [0.1, 0.15) is 65.7 Å². The number of carbonyl (C=O) groups excluding carboxylic acids is 1. The summed E-state index contributed by atoms with van der Waals surface area (Å²) in [5.41, 5.74) is 0. The molecular weight excluding hydrogens is 403 g/mol. The molecule has 0 heterocycles. The first-order chi connectivity index (χ1) is 10.6. The van der Waals surface area contributed by atoms with Gasteiger partial charge in [0, 0.05) is 30.6 Å². The topological polar surface area (TPSA) is 65.5 Å². The van der Waals surface area contributed by atoms with Crippen LogP contribution < -0.4 is 16.0 Å². The van der Waals surface area contributed by atoms with E-state index < -0.39 is 0 Å². The van der Waals surface area contributed by atoms with E-state index in [9.17, 15) is 4.79 Å². The SMILES string of the molecule is CCN=C(NC1CCC1)NC1CCCC(C(=O)NC(C)C)C1.I. The van der Waals surface area contributed by atoms with Crippen LogP contribution in [-0.4, -0.2) is 36.5 Å². The number of nitrogens with one attached hydrogen (secondary N) is 3. The van der Waals surface area contributed by atoms with Gasteiger partial charge in [0.15, 0.2) is 5.96 Å². The van der Waals surface area contributed by atoms with Crippen LogP contribution in [0.4, 0.5) is 0 Å². The predicted molar refractivity (Wildman–Crippen MR) is 106 cm³/mol. The molecule has 0 saturated heterocycles. The average Bonchev–Trinajstić information content (AvgIpc) is 2.42. The Hall–Kier alpha value is -0.530. The summed E-state index contributed by atoms with van der Waals surface area (Å²) in [6.07, 6.45) is 7.96. The third-order valence-electron chi connectivity index (χ3n) is 4.58. The van der Waals surface area contributed by atoms with Crippen molar-refractivity contribution in [3.63, 3.8) is 0 Å². The van der Waals surface area contributed by atoms with Crippen LogP contribution in [0.25, 0.3) is 0 Å². The number of hydrogen-bond acceptors (Lipinski definition) is 2. The van der Waals surface area contributed by atoms with E-state index in [1.165, 1.54) is 19.3 Å². The number of hydrogen-bond donors (Lipinski definition) is 3. The second-order valence-corrected chi connectivity index (χ2v) is 6.96. The van der Waals surface area contributed by atoms with Gasteiger partial charge in [-0.3, -0.25) is 9.79 Å². The third-order valence-corrected chi connectivity index (χ3v) is 4.58. The van der Waals surface area contributed by atoms with Gasteiger partial charge in [0.1, 0.15) is 0 Å². The van der Waals surface area contributed by atoms with Crippen LogP contribution in [0.5, 0.6) is 0 Å². The fraction of sp³-hybridized carbons (Fsp3) is 0.882. The first-order valence-corrected chi connectivity index (χ1v) is 8.96. The highest BCUT2D eigenvalue weighted by Gasteiger charge is 2.28. The van der Waals surface area contributed by atoms with E-state index in [0.29, 0.717) is 12.1 Å². The molecule has 5 nitrogen and oxygen atoms in total. The molecule has 0 aromatic heterocycles. The zero-order valence-electron chi connectivity index (χ0n) is 14.7. The van der Waals surface area contributed by atoms with Crippen molar-refractivity contribution in [2.75, 3.05) is 6.54 Å². The summed E-state index contributed by atoms with van der Waals surface area (Å²) >= 11 is 0. The molecule has 2 aliphatic rings. The number of amides is 1. The van der Waals surface area contributed by atoms with Crippen LogP contribution >= 0.6 is 24.0 Å². The minimum Gasteiger partial charge on any atom is -0.354 e. The standard InChI is InChI=1S/C17H32N4O.HI/c1-4-18-17(20-14-8-6-9-14)21-15-10-5-7-13(11-15)16(22)19-12(2)3;/h12-15H,4-11H2,1-3H3,(H,19,22)(H2,18,20,21);1H. The molecule has 6 heteroatoms. The van der Waals surface area contributed by atoms with E-state index in [4.69, 9.17) is 0 Å². The number of guanidine groups is 1. The van der Waals surface area contributed by atoms with Gasteiger partial charge in [-0.2, -0.15) is 0 Å². The zero-order valence-corrected chi connectivity index (χ0v) is 17.1. The molecule has 0 aliphatic heterocycles. The molecule has 2 rings (SSSR count). The summed E-state index contributed by atoms with van der Waals surface area (Å²) in [5.74, 6) is 1.28. The van der Waals surface area contributed by atoms with Gasteiger partial charge < -0.3 is 16.0 Å². The molecule has 2 saturated carbocycles. The second-order valence-electron chi connectivity index (χ2n) is 6.96. The van der Waals surface area contributed by atoms with Crippen molar-refractivity contribution in [1.29, 1.82) is 0 Å². The summed E-state index contributed by atoms with van der Waals surface area (Å²) in [4.78, 5) is 16.8. The molecule has 0 aromatic carbocycles. The Morgan fingerprint density at radius 2 is 1.70 bits per heavy atom. The lowest BCUT2D eigenvalue weighted by Crippen LogP contribution is -2.51. The summed E-state index contributed by atoms with van der Waals surface area (Å²) in [6, 6.07) is 1.16. The van der Waals surface area contributed by atoms with Gasteiger partial charge in [-0.05, 0) is 59.3 Å². The molecule has 2 fully saturated rings. The van der Waals surface area contributed by atoms with Crippen molar-refractivity contribution in [2.24, 2.45) is 10.9 Å². The maximum atomic E-state index is 12.2. The van der Waals surface area contributed by atoms with Gasteiger partial charge in [-0.1, -0.05) is 6.42 Å². The van der Waals surface area contributed by atoms with E-state index in [-0.39, 0.29) is 41.8 Å². The first-order valence-electron chi connectivity index (χ1n) is 8.96. The summed E-state index contributed by atoms with van der Waals surface area (Å²) in [5, 5.41) is 10.1. The number of halogens is 1. The average molecular weight is 436 g/mol. The molecule has 134 valence electrons. The monoisotopic (exact) mass is 436 g/mol. The molecule has 23 heavy (non-hydrogen) atoms. The van der Waals surface area contributed by atoms with Crippen LogP contribution in [0, 0.1) is 5.92 Å². The van der Waals surface area contributed by atoms with Crippen LogP contribution in [0.3, 0.4) is 0 Å². The van der Waals surface area contributed by atoms with E-state index in [1.807, 2.05) is 13.8 Å². The molecule has 1 amide bonds. The molecular formula is C17H33IN4O. The van der Waals surface area contributed by atoms with Gasteiger partial charge >= 0.3 is 0 Å². The Labute approximate surface area is 157 Å². The highest BCUT2D eigenvalue weighted by Crippen LogP contribution is 2.25. The number of nitrogens with zero attached hydrogens (tertiary/aromatic N) is 1.